The lowest BCUT2D eigenvalue weighted by Crippen LogP contribution is -2.35. The fourth-order valence-electron chi connectivity index (χ4n) is 6.76. The normalized spacial score (nSPS) is 15.0. The third-order valence-corrected chi connectivity index (χ3v) is 8.91. The zero-order valence-corrected chi connectivity index (χ0v) is 22.8. The quantitative estimate of drug-likeness (QED) is 0.359. The van der Waals surface area contributed by atoms with Gasteiger partial charge in [-0.15, -0.1) is 0 Å². The van der Waals surface area contributed by atoms with E-state index in [1.807, 2.05) is 0 Å². The summed E-state index contributed by atoms with van der Waals surface area (Å²) in [7, 11) is 0. The highest BCUT2D eigenvalue weighted by Crippen LogP contribution is 2.60. The molecule has 0 atom stereocenters. The topological polar surface area (TPSA) is 35.5 Å². The van der Waals surface area contributed by atoms with Crippen LogP contribution in [0.15, 0.2) is 12.1 Å². The van der Waals surface area contributed by atoms with E-state index in [0.717, 1.165) is 68.8 Å². The van der Waals surface area contributed by atoms with Gasteiger partial charge in [0, 0.05) is 16.7 Å². The Kier molecular flexibility index (Phi) is 5.22. The summed E-state index contributed by atoms with van der Waals surface area (Å²) in [4.78, 5) is 13.7. The molecule has 5 rings (SSSR count). The van der Waals surface area contributed by atoms with Crippen LogP contribution in [0, 0.1) is 55.4 Å². The van der Waals surface area contributed by atoms with Crippen LogP contribution in [-0.4, -0.2) is 5.97 Å². The maximum atomic E-state index is 13.7. The van der Waals surface area contributed by atoms with Crippen LogP contribution >= 0.6 is 0 Å². The lowest BCUT2D eigenvalue weighted by atomic mass is 9.71. The number of carbonyl (C=O) groups excluding carboxylic acids is 1. The maximum Gasteiger partial charge on any atom is 0.340 e. The molecule has 2 aliphatic heterocycles. The summed E-state index contributed by atoms with van der Waals surface area (Å²) in [6.45, 7) is 21.4. The number of carbonyl (C=O) groups is 1. The molecule has 0 aromatic heterocycles. The van der Waals surface area contributed by atoms with Crippen molar-refractivity contribution in [3.8, 4) is 11.5 Å². The third kappa shape index (κ3) is 2.81. The largest absolute Gasteiger partial charge is 0.456 e. The summed E-state index contributed by atoms with van der Waals surface area (Å²) < 4.78 is 13.4. The smallest absolute Gasteiger partial charge is 0.340 e. The highest BCUT2D eigenvalue weighted by atomic mass is 16.6. The minimum atomic E-state index is -1.02. The second kappa shape index (κ2) is 7.71. The van der Waals surface area contributed by atoms with E-state index in [4.69, 9.17) is 9.47 Å². The highest BCUT2D eigenvalue weighted by Gasteiger charge is 2.56. The highest BCUT2D eigenvalue weighted by molar-refractivity contribution is 6.00. The van der Waals surface area contributed by atoms with Gasteiger partial charge in [0.2, 0.25) is 0 Å². The van der Waals surface area contributed by atoms with E-state index in [9.17, 15) is 4.79 Å². The number of hydrogen-bond acceptors (Lipinski definition) is 3. The first-order valence-electron chi connectivity index (χ1n) is 12.8. The van der Waals surface area contributed by atoms with Crippen molar-refractivity contribution < 1.29 is 14.3 Å². The van der Waals surface area contributed by atoms with Crippen LogP contribution in [0.2, 0.25) is 0 Å². The minimum Gasteiger partial charge on any atom is -0.456 e. The average Bonchev–Trinajstić information content (AvgIpc) is 3.12. The molecule has 0 unspecified atom stereocenters. The van der Waals surface area contributed by atoms with Crippen molar-refractivity contribution in [2.45, 2.75) is 87.7 Å². The molecule has 0 saturated carbocycles. The van der Waals surface area contributed by atoms with E-state index in [1.54, 1.807) is 0 Å². The zero-order chi connectivity index (χ0) is 25.6. The molecule has 3 aromatic carbocycles. The molecule has 1 spiro atoms. The van der Waals surface area contributed by atoms with Gasteiger partial charge in [0.15, 0.2) is 5.60 Å². The number of hydrogen-bond donors (Lipinski definition) is 0. The summed E-state index contributed by atoms with van der Waals surface area (Å²) in [6, 6.07) is 4.41. The molecule has 0 aliphatic carbocycles. The Morgan fingerprint density at radius 2 is 1.11 bits per heavy atom. The number of aryl methyl sites for hydroxylation is 2. The van der Waals surface area contributed by atoms with Crippen molar-refractivity contribution >= 4 is 5.97 Å². The molecular weight excluding hydrogens is 432 g/mol. The van der Waals surface area contributed by atoms with Crippen LogP contribution in [0.5, 0.6) is 11.5 Å². The van der Waals surface area contributed by atoms with Crippen molar-refractivity contribution in [2.24, 2.45) is 0 Å². The van der Waals surface area contributed by atoms with Gasteiger partial charge in [-0.1, -0.05) is 13.8 Å². The van der Waals surface area contributed by atoms with Crippen molar-refractivity contribution in [1.82, 2.24) is 0 Å². The van der Waals surface area contributed by atoms with Crippen LogP contribution in [0.4, 0.5) is 0 Å². The molecule has 0 fully saturated rings. The predicted octanol–water partition coefficient (Wildman–Crippen LogP) is 7.85. The molecule has 3 aromatic rings. The second-order valence-electron chi connectivity index (χ2n) is 10.5. The van der Waals surface area contributed by atoms with Gasteiger partial charge in [0.1, 0.15) is 11.5 Å². The maximum absolute atomic E-state index is 13.7. The Bertz CT molecular complexity index is 1390. The van der Waals surface area contributed by atoms with Gasteiger partial charge < -0.3 is 9.47 Å². The molecule has 2 heterocycles. The fraction of sp³-hybridized carbons (Fsp3) is 0.406. The van der Waals surface area contributed by atoms with Gasteiger partial charge in [0.25, 0.3) is 0 Å². The van der Waals surface area contributed by atoms with E-state index in [0.29, 0.717) is 5.56 Å². The SMILES string of the molecule is CCc1c(C)cc2c(c1C)Oc1c(cc(C)c(CC)c1C)C21OC(=O)c2c(C)c(C)c(C)c(C)c21. The summed E-state index contributed by atoms with van der Waals surface area (Å²) in [5.41, 5.74) is 14.3. The van der Waals surface area contributed by atoms with E-state index in [1.165, 1.54) is 27.8 Å². The van der Waals surface area contributed by atoms with Gasteiger partial charge in [0.05, 0.1) is 5.56 Å². The van der Waals surface area contributed by atoms with Crippen LogP contribution in [0.25, 0.3) is 0 Å². The number of rotatable bonds is 2. The molecule has 3 heteroatoms. The molecular formula is C32H36O3. The molecule has 3 nitrogen and oxygen atoms in total. The van der Waals surface area contributed by atoms with Crippen molar-refractivity contribution in [2.75, 3.05) is 0 Å². The van der Waals surface area contributed by atoms with Gasteiger partial charge >= 0.3 is 5.97 Å². The van der Waals surface area contributed by atoms with Crippen LogP contribution in [-0.2, 0) is 23.2 Å². The van der Waals surface area contributed by atoms with E-state index in [2.05, 4.69) is 81.4 Å². The lowest BCUT2D eigenvalue weighted by molar-refractivity contribution is 0.0221. The summed E-state index contributed by atoms with van der Waals surface area (Å²) in [5, 5.41) is 0. The summed E-state index contributed by atoms with van der Waals surface area (Å²) in [6.07, 6.45) is 1.85. The van der Waals surface area contributed by atoms with Gasteiger partial charge in [-0.25, -0.2) is 4.79 Å². The van der Waals surface area contributed by atoms with Crippen molar-refractivity contribution in [3.05, 3.63) is 90.0 Å². The number of benzene rings is 3. The molecule has 35 heavy (non-hydrogen) atoms. The van der Waals surface area contributed by atoms with Gasteiger partial charge in [-0.05, 0) is 136 Å². The zero-order valence-electron chi connectivity index (χ0n) is 22.8. The van der Waals surface area contributed by atoms with Crippen molar-refractivity contribution in [1.29, 1.82) is 0 Å². The van der Waals surface area contributed by atoms with Crippen LogP contribution < -0.4 is 4.74 Å². The number of esters is 1. The molecule has 182 valence electrons. The summed E-state index contributed by atoms with van der Waals surface area (Å²) >= 11 is 0. The number of fused-ring (bicyclic) bond motifs is 6. The van der Waals surface area contributed by atoms with Crippen LogP contribution in [0.1, 0.15) is 96.5 Å². The van der Waals surface area contributed by atoms with Crippen molar-refractivity contribution in [3.63, 3.8) is 0 Å². The predicted molar refractivity (Wildman–Crippen MR) is 141 cm³/mol. The van der Waals surface area contributed by atoms with E-state index in [-0.39, 0.29) is 5.97 Å². The molecule has 0 saturated heterocycles. The summed E-state index contributed by atoms with van der Waals surface area (Å²) in [5.74, 6) is 1.43. The molecule has 2 aliphatic rings. The first-order valence-corrected chi connectivity index (χ1v) is 12.8. The molecule has 0 radical (unpaired) electrons. The Labute approximate surface area is 209 Å². The molecule has 0 N–H and O–H groups in total. The van der Waals surface area contributed by atoms with E-state index >= 15 is 0 Å². The van der Waals surface area contributed by atoms with Crippen LogP contribution in [0.3, 0.4) is 0 Å². The average molecular weight is 469 g/mol. The minimum absolute atomic E-state index is 0.243. The second-order valence-corrected chi connectivity index (χ2v) is 10.5. The lowest BCUT2D eigenvalue weighted by Gasteiger charge is -2.40. The first-order chi connectivity index (χ1) is 16.5. The van der Waals surface area contributed by atoms with Gasteiger partial charge in [-0.2, -0.15) is 0 Å². The number of ether oxygens (including phenoxy) is 2. The molecule has 0 amide bonds. The Morgan fingerprint density at radius 1 is 0.657 bits per heavy atom. The molecule has 0 bridgehead atoms. The standard InChI is InChI=1S/C32H36O3/c1-11-23-15(3)13-25-29(21(23)9)34-30-22(10)24(12-2)16(4)14-26(30)32(25)28-20(8)18(6)17(5)19(7)27(28)31(33)35-32/h13-14H,11-12H2,1-10H3. The Morgan fingerprint density at radius 3 is 1.57 bits per heavy atom. The monoisotopic (exact) mass is 468 g/mol. The third-order valence-electron chi connectivity index (χ3n) is 8.91. The first kappa shape index (κ1) is 23.7. The Balaban J connectivity index is 2.04. The fourth-order valence-corrected chi connectivity index (χ4v) is 6.76. The van der Waals surface area contributed by atoms with E-state index < -0.39 is 5.60 Å². The Hall–Kier alpha value is -3.07. The van der Waals surface area contributed by atoms with Gasteiger partial charge in [-0.3, -0.25) is 0 Å².